The molecule has 4 heterocycles. The zero-order valence-corrected chi connectivity index (χ0v) is 17.2. The van der Waals surface area contributed by atoms with E-state index in [1.165, 1.54) is 0 Å². The number of hydrogen-bond acceptors (Lipinski definition) is 4. The summed E-state index contributed by atoms with van der Waals surface area (Å²) in [6.45, 7) is 1.02. The average molecular weight is 424 g/mol. The van der Waals surface area contributed by atoms with E-state index in [1.54, 1.807) is 16.9 Å². The molecule has 1 aliphatic heterocycles. The van der Waals surface area contributed by atoms with Crippen LogP contribution >= 0.6 is 0 Å². The molecule has 0 spiro atoms. The Balaban J connectivity index is 1.50. The van der Waals surface area contributed by atoms with Crippen LogP contribution in [0.1, 0.15) is 11.3 Å². The molecule has 3 aromatic heterocycles. The number of nitrogens with zero attached hydrogens (tertiary/aromatic N) is 3. The van der Waals surface area contributed by atoms with Gasteiger partial charge in [0, 0.05) is 17.4 Å². The predicted molar refractivity (Wildman–Crippen MR) is 121 cm³/mol. The third kappa shape index (κ3) is 2.85. The number of aromatic nitrogens is 3. The first-order chi connectivity index (χ1) is 15.7. The summed E-state index contributed by atoms with van der Waals surface area (Å²) in [5.74, 6) is 1.18. The number of furan rings is 1. The van der Waals surface area contributed by atoms with E-state index in [0.29, 0.717) is 42.0 Å². The minimum Gasteiger partial charge on any atom is -0.467 e. The number of fused-ring (bicyclic) bond motifs is 6. The Labute approximate surface area is 182 Å². The molecule has 0 fully saturated rings. The van der Waals surface area contributed by atoms with Crippen molar-refractivity contribution in [1.29, 1.82) is 0 Å². The maximum Gasteiger partial charge on any atom is 0.261 e. The lowest BCUT2D eigenvalue weighted by molar-refractivity contribution is -0.121. The molecule has 158 valence electrons. The Kier molecular flexibility index (Phi) is 4.21. The number of benzene rings is 2. The Bertz CT molecular complexity index is 1540. The summed E-state index contributed by atoms with van der Waals surface area (Å²) >= 11 is 0. The standard InChI is InChI=1S/C25H20N4O3/c30-22(26-14-16-6-5-13-32-16)15-29-21-10-4-2-7-17(21)18-11-12-28-24(23(18)29)27-20-9-3-1-8-19(20)25(28)31/h1-10,13H,11-12,14-15H2,(H,26,30). The van der Waals surface area contributed by atoms with E-state index in [-0.39, 0.29) is 18.0 Å². The highest BCUT2D eigenvalue weighted by Gasteiger charge is 2.27. The second-order valence-electron chi connectivity index (χ2n) is 7.95. The molecule has 0 saturated heterocycles. The lowest BCUT2D eigenvalue weighted by Gasteiger charge is -2.21. The van der Waals surface area contributed by atoms with Crippen molar-refractivity contribution >= 4 is 27.7 Å². The molecule has 6 rings (SSSR count). The molecule has 0 saturated carbocycles. The number of carbonyl (C=O) groups is 1. The molecule has 5 aromatic rings. The van der Waals surface area contributed by atoms with Crippen molar-refractivity contribution in [2.75, 3.05) is 0 Å². The molecule has 0 aliphatic carbocycles. The summed E-state index contributed by atoms with van der Waals surface area (Å²) in [5.41, 5.74) is 3.54. The normalized spacial score (nSPS) is 12.6. The lowest BCUT2D eigenvalue weighted by Crippen LogP contribution is -2.30. The Hall–Kier alpha value is -4.13. The van der Waals surface area contributed by atoms with Crippen LogP contribution in [0.15, 0.2) is 76.1 Å². The van der Waals surface area contributed by atoms with E-state index >= 15 is 0 Å². The van der Waals surface area contributed by atoms with Crippen LogP contribution in [0, 0.1) is 0 Å². The molecular formula is C25H20N4O3. The zero-order chi connectivity index (χ0) is 21.7. The Morgan fingerprint density at radius 1 is 1.03 bits per heavy atom. The van der Waals surface area contributed by atoms with Crippen LogP contribution < -0.4 is 10.9 Å². The average Bonchev–Trinajstić information content (AvgIpc) is 3.45. The molecule has 0 bridgehead atoms. The molecule has 7 heteroatoms. The van der Waals surface area contributed by atoms with Gasteiger partial charge in [0.05, 0.1) is 29.4 Å². The first kappa shape index (κ1) is 18.6. The van der Waals surface area contributed by atoms with E-state index in [2.05, 4.69) is 11.4 Å². The first-order valence-electron chi connectivity index (χ1n) is 10.6. The fraction of sp³-hybridized carbons (Fsp3) is 0.160. The van der Waals surface area contributed by atoms with Gasteiger partial charge in [-0.1, -0.05) is 30.3 Å². The smallest absolute Gasteiger partial charge is 0.261 e. The topological polar surface area (TPSA) is 82.1 Å². The van der Waals surface area contributed by atoms with Gasteiger partial charge in [-0.15, -0.1) is 0 Å². The third-order valence-corrected chi connectivity index (χ3v) is 6.08. The summed E-state index contributed by atoms with van der Waals surface area (Å²) in [5, 5.41) is 4.62. The number of para-hydroxylation sites is 2. The molecular weight excluding hydrogens is 404 g/mol. The number of rotatable bonds is 4. The second kappa shape index (κ2) is 7.23. The van der Waals surface area contributed by atoms with Gasteiger partial charge >= 0.3 is 0 Å². The van der Waals surface area contributed by atoms with Gasteiger partial charge < -0.3 is 14.3 Å². The van der Waals surface area contributed by atoms with Crippen LogP contribution in [0.5, 0.6) is 0 Å². The highest BCUT2D eigenvalue weighted by atomic mass is 16.3. The van der Waals surface area contributed by atoms with Gasteiger partial charge in [0.1, 0.15) is 12.3 Å². The second-order valence-corrected chi connectivity index (χ2v) is 7.95. The number of nitrogens with one attached hydrogen (secondary N) is 1. The van der Waals surface area contributed by atoms with E-state index in [0.717, 1.165) is 22.2 Å². The predicted octanol–water partition coefficient (Wildman–Crippen LogP) is 3.48. The van der Waals surface area contributed by atoms with Gasteiger partial charge in [-0.3, -0.25) is 14.2 Å². The van der Waals surface area contributed by atoms with Gasteiger partial charge in [-0.25, -0.2) is 4.98 Å². The van der Waals surface area contributed by atoms with Crippen LogP contribution in [0.2, 0.25) is 0 Å². The molecule has 7 nitrogen and oxygen atoms in total. The Morgan fingerprint density at radius 3 is 2.69 bits per heavy atom. The number of carbonyl (C=O) groups excluding carboxylic acids is 1. The molecule has 1 amide bonds. The van der Waals surface area contributed by atoms with Crippen LogP contribution in [0.25, 0.3) is 33.3 Å². The highest BCUT2D eigenvalue weighted by Crippen LogP contribution is 2.36. The highest BCUT2D eigenvalue weighted by molar-refractivity contribution is 5.93. The summed E-state index contributed by atoms with van der Waals surface area (Å²) < 4.78 is 9.03. The molecule has 2 aromatic carbocycles. The van der Waals surface area contributed by atoms with E-state index in [1.807, 2.05) is 53.1 Å². The van der Waals surface area contributed by atoms with Gasteiger partial charge in [0.2, 0.25) is 5.91 Å². The minimum absolute atomic E-state index is 0.0460. The van der Waals surface area contributed by atoms with Crippen molar-refractivity contribution in [3.63, 3.8) is 0 Å². The van der Waals surface area contributed by atoms with Crippen LogP contribution in [0.4, 0.5) is 0 Å². The molecule has 0 unspecified atom stereocenters. The summed E-state index contributed by atoms with van der Waals surface area (Å²) in [7, 11) is 0. The van der Waals surface area contributed by atoms with Crippen molar-refractivity contribution in [3.8, 4) is 11.5 Å². The summed E-state index contributed by atoms with van der Waals surface area (Å²) in [4.78, 5) is 30.9. The van der Waals surface area contributed by atoms with E-state index in [4.69, 9.17) is 9.40 Å². The quantitative estimate of drug-likeness (QED) is 0.479. The molecule has 0 atom stereocenters. The van der Waals surface area contributed by atoms with Crippen molar-refractivity contribution < 1.29 is 9.21 Å². The molecule has 32 heavy (non-hydrogen) atoms. The lowest BCUT2D eigenvalue weighted by atomic mass is 10.0. The maximum absolute atomic E-state index is 13.2. The van der Waals surface area contributed by atoms with Crippen molar-refractivity contribution in [2.45, 2.75) is 26.1 Å². The number of amides is 1. The third-order valence-electron chi connectivity index (χ3n) is 6.08. The van der Waals surface area contributed by atoms with Gasteiger partial charge in [0.15, 0.2) is 5.82 Å². The van der Waals surface area contributed by atoms with Crippen molar-refractivity contribution in [3.05, 3.63) is 88.6 Å². The van der Waals surface area contributed by atoms with E-state index < -0.39 is 0 Å². The van der Waals surface area contributed by atoms with Crippen molar-refractivity contribution in [1.82, 2.24) is 19.4 Å². The largest absolute Gasteiger partial charge is 0.467 e. The minimum atomic E-state index is -0.134. The van der Waals surface area contributed by atoms with Gasteiger partial charge in [-0.2, -0.15) is 0 Å². The number of aryl methyl sites for hydroxylation is 1. The SMILES string of the molecule is O=C(Cn1c2c(c3ccccc31)CCn1c-2nc2ccccc2c1=O)NCc1ccco1. The summed E-state index contributed by atoms with van der Waals surface area (Å²) in [6.07, 6.45) is 2.30. The molecule has 1 N–H and O–H groups in total. The van der Waals surface area contributed by atoms with Crippen LogP contribution in [-0.4, -0.2) is 20.0 Å². The zero-order valence-electron chi connectivity index (χ0n) is 17.2. The van der Waals surface area contributed by atoms with Crippen LogP contribution in [0.3, 0.4) is 0 Å². The molecule has 1 aliphatic rings. The fourth-order valence-corrected chi connectivity index (χ4v) is 4.63. The molecule has 0 radical (unpaired) electrons. The first-order valence-corrected chi connectivity index (χ1v) is 10.6. The van der Waals surface area contributed by atoms with E-state index in [9.17, 15) is 9.59 Å². The fourth-order valence-electron chi connectivity index (χ4n) is 4.63. The van der Waals surface area contributed by atoms with Gasteiger partial charge in [0.25, 0.3) is 5.56 Å². The van der Waals surface area contributed by atoms with Crippen LogP contribution in [-0.2, 0) is 30.8 Å². The van der Waals surface area contributed by atoms with Crippen molar-refractivity contribution in [2.24, 2.45) is 0 Å². The Morgan fingerprint density at radius 2 is 1.84 bits per heavy atom. The maximum atomic E-state index is 13.2. The number of hydrogen-bond donors (Lipinski definition) is 1. The monoisotopic (exact) mass is 424 g/mol. The summed E-state index contributed by atoms with van der Waals surface area (Å²) in [6, 6.07) is 19.1. The van der Waals surface area contributed by atoms with Gasteiger partial charge in [-0.05, 0) is 42.3 Å².